The second kappa shape index (κ2) is 51.5. The molecule has 0 aromatic heterocycles. The maximum Gasteiger partial charge on any atom is 0.305 e. The van der Waals surface area contributed by atoms with Crippen molar-refractivity contribution in [1.82, 2.24) is 5.32 Å². The molecule has 0 bridgehead atoms. The Labute approximate surface area is 385 Å². The van der Waals surface area contributed by atoms with E-state index in [1.54, 1.807) is 0 Å². The lowest BCUT2D eigenvalue weighted by atomic mass is 10.0. The third-order valence-electron chi connectivity index (χ3n) is 12.1. The van der Waals surface area contributed by atoms with Crippen molar-refractivity contribution >= 4 is 11.9 Å². The fourth-order valence-corrected chi connectivity index (χ4v) is 7.94. The van der Waals surface area contributed by atoms with Crippen LogP contribution in [0, 0.1) is 0 Å². The summed E-state index contributed by atoms with van der Waals surface area (Å²) in [6.07, 6.45) is 63.7. The van der Waals surface area contributed by atoms with Crippen molar-refractivity contribution in [3.8, 4) is 0 Å². The number of aliphatic hydroxyl groups is 2. The van der Waals surface area contributed by atoms with E-state index in [1.165, 1.54) is 148 Å². The van der Waals surface area contributed by atoms with Gasteiger partial charge in [0.15, 0.2) is 0 Å². The van der Waals surface area contributed by atoms with Gasteiger partial charge in [-0.3, -0.25) is 9.59 Å². The molecule has 2 atom stereocenters. The quantitative estimate of drug-likeness (QED) is 0.0245. The van der Waals surface area contributed by atoms with E-state index in [2.05, 4.69) is 67.8 Å². The van der Waals surface area contributed by atoms with Crippen molar-refractivity contribution < 1.29 is 24.5 Å². The van der Waals surface area contributed by atoms with Gasteiger partial charge in [-0.05, 0) is 83.5 Å². The van der Waals surface area contributed by atoms with Crippen molar-refractivity contribution in [1.29, 1.82) is 0 Å². The van der Waals surface area contributed by atoms with Crippen molar-refractivity contribution in [3.63, 3.8) is 0 Å². The van der Waals surface area contributed by atoms with Crippen LogP contribution in [0.1, 0.15) is 271 Å². The molecule has 0 fully saturated rings. The Morgan fingerprint density at radius 3 is 1.37 bits per heavy atom. The van der Waals surface area contributed by atoms with E-state index in [4.69, 9.17) is 4.74 Å². The minimum Gasteiger partial charge on any atom is -0.466 e. The Morgan fingerprint density at radius 1 is 0.468 bits per heavy atom. The molecule has 0 saturated heterocycles. The van der Waals surface area contributed by atoms with Gasteiger partial charge in [0.2, 0.25) is 5.91 Å². The first-order valence-electron chi connectivity index (χ1n) is 26.9. The molecule has 3 N–H and O–H groups in total. The molecule has 0 radical (unpaired) electrons. The molecule has 0 aliphatic rings. The topological polar surface area (TPSA) is 95.9 Å². The van der Waals surface area contributed by atoms with Crippen LogP contribution in [0.2, 0.25) is 0 Å². The number of nitrogens with one attached hydrogen (secondary N) is 1. The van der Waals surface area contributed by atoms with Gasteiger partial charge in [0.1, 0.15) is 0 Å². The van der Waals surface area contributed by atoms with Gasteiger partial charge in [-0.25, -0.2) is 0 Å². The summed E-state index contributed by atoms with van der Waals surface area (Å²) in [6.45, 7) is 4.84. The molecule has 6 nitrogen and oxygen atoms in total. The van der Waals surface area contributed by atoms with Crippen LogP contribution in [-0.2, 0) is 14.3 Å². The van der Waals surface area contributed by atoms with E-state index in [0.717, 1.165) is 89.9 Å². The molecule has 1 amide bonds. The summed E-state index contributed by atoms with van der Waals surface area (Å²) >= 11 is 0. The zero-order valence-electron chi connectivity index (χ0n) is 41.1. The van der Waals surface area contributed by atoms with Gasteiger partial charge in [-0.15, -0.1) is 0 Å². The average molecular weight is 870 g/mol. The lowest BCUT2D eigenvalue weighted by molar-refractivity contribution is -0.143. The predicted octanol–water partition coefficient (Wildman–Crippen LogP) is 16.2. The van der Waals surface area contributed by atoms with Crippen molar-refractivity contribution in [3.05, 3.63) is 48.6 Å². The number of hydrogen-bond donors (Lipinski definition) is 3. The smallest absolute Gasteiger partial charge is 0.305 e. The van der Waals surface area contributed by atoms with Gasteiger partial charge in [-0.2, -0.15) is 0 Å². The first-order chi connectivity index (χ1) is 30.5. The number of unbranched alkanes of at least 4 members (excludes halogenated alkanes) is 31. The number of ether oxygens (including phenoxy) is 1. The van der Waals surface area contributed by atoms with Crippen LogP contribution in [0.4, 0.5) is 0 Å². The lowest BCUT2D eigenvalue weighted by Gasteiger charge is -2.22. The Kier molecular flexibility index (Phi) is 49.6. The number of carbonyl (C=O) groups excluding carboxylic acids is 2. The van der Waals surface area contributed by atoms with Crippen LogP contribution in [0.15, 0.2) is 48.6 Å². The number of hydrogen-bond acceptors (Lipinski definition) is 5. The fourth-order valence-electron chi connectivity index (χ4n) is 7.94. The third-order valence-corrected chi connectivity index (χ3v) is 12.1. The summed E-state index contributed by atoms with van der Waals surface area (Å²) in [5.41, 5.74) is 0. The average Bonchev–Trinajstić information content (AvgIpc) is 3.27. The lowest BCUT2D eigenvalue weighted by Crippen LogP contribution is -2.45. The number of esters is 1. The van der Waals surface area contributed by atoms with E-state index >= 15 is 0 Å². The van der Waals surface area contributed by atoms with Crippen LogP contribution in [0.5, 0.6) is 0 Å². The highest BCUT2D eigenvalue weighted by molar-refractivity contribution is 5.76. The van der Waals surface area contributed by atoms with Gasteiger partial charge in [-0.1, -0.05) is 223 Å². The molecule has 2 unspecified atom stereocenters. The predicted molar refractivity (Wildman–Crippen MR) is 269 cm³/mol. The highest BCUT2D eigenvalue weighted by Crippen LogP contribution is 2.16. The highest BCUT2D eigenvalue weighted by atomic mass is 16.5. The number of rotatable bonds is 49. The second-order valence-corrected chi connectivity index (χ2v) is 18.2. The summed E-state index contributed by atoms with van der Waals surface area (Å²) in [7, 11) is 0. The summed E-state index contributed by atoms with van der Waals surface area (Å²) < 4.78 is 5.43. The minimum absolute atomic E-state index is 0.0368. The van der Waals surface area contributed by atoms with Gasteiger partial charge < -0.3 is 20.3 Å². The number of carbonyl (C=O) groups is 2. The molecule has 0 heterocycles. The highest BCUT2D eigenvalue weighted by Gasteiger charge is 2.20. The van der Waals surface area contributed by atoms with E-state index in [0.29, 0.717) is 25.9 Å². The van der Waals surface area contributed by atoms with E-state index in [9.17, 15) is 19.8 Å². The van der Waals surface area contributed by atoms with E-state index in [-0.39, 0.29) is 18.5 Å². The molecule has 0 rings (SSSR count). The van der Waals surface area contributed by atoms with E-state index < -0.39 is 12.1 Å². The third kappa shape index (κ3) is 47.3. The minimum atomic E-state index is -0.680. The molecule has 362 valence electrons. The molecule has 0 aromatic rings. The number of allylic oxidation sites excluding steroid dienone is 8. The summed E-state index contributed by atoms with van der Waals surface area (Å²) in [5, 5.41) is 23.2. The largest absolute Gasteiger partial charge is 0.466 e. The first kappa shape index (κ1) is 59.8. The van der Waals surface area contributed by atoms with Crippen molar-refractivity contribution in [2.24, 2.45) is 0 Å². The monoisotopic (exact) mass is 870 g/mol. The molecule has 0 aliphatic heterocycles. The molecular formula is C56H103NO5. The summed E-state index contributed by atoms with van der Waals surface area (Å²) in [5.74, 6) is -0.0951. The van der Waals surface area contributed by atoms with Crippen LogP contribution < -0.4 is 5.32 Å². The number of amides is 1. The van der Waals surface area contributed by atoms with Crippen LogP contribution in [0.25, 0.3) is 0 Å². The maximum absolute atomic E-state index is 12.5. The standard InChI is InChI=1S/C56H103NO5/c1-3-5-7-9-11-13-15-17-19-21-24-28-32-36-40-44-48-54(59)53(52-58)57-55(60)49-45-41-37-33-29-25-22-20-23-27-31-35-39-43-47-51-62-56(61)50-46-42-38-34-30-26-18-16-14-12-10-8-6-4-2/h10,12,16,18,20,23,27,31,53-54,58-59H,3-9,11,13-15,17,19,21-22,24-26,28-30,32-52H2,1-2H3,(H,57,60)/b12-10-,18-16-,23-20-,31-27-. The van der Waals surface area contributed by atoms with Gasteiger partial charge in [0, 0.05) is 12.8 Å². The van der Waals surface area contributed by atoms with Gasteiger partial charge >= 0.3 is 5.97 Å². The zero-order chi connectivity index (χ0) is 45.1. The second-order valence-electron chi connectivity index (χ2n) is 18.2. The molecule has 0 aliphatic carbocycles. The van der Waals surface area contributed by atoms with Crippen molar-refractivity contribution in [2.75, 3.05) is 13.2 Å². The van der Waals surface area contributed by atoms with Crippen molar-refractivity contribution in [2.45, 2.75) is 283 Å². The fraction of sp³-hybridized carbons (Fsp3) is 0.821. The number of aliphatic hydroxyl groups excluding tert-OH is 2. The zero-order valence-corrected chi connectivity index (χ0v) is 41.1. The Bertz CT molecular complexity index is 1050. The maximum atomic E-state index is 12.5. The molecule has 62 heavy (non-hydrogen) atoms. The Balaban J connectivity index is 3.54. The molecule has 0 saturated carbocycles. The van der Waals surface area contributed by atoms with Crippen LogP contribution >= 0.6 is 0 Å². The van der Waals surface area contributed by atoms with Crippen LogP contribution in [0.3, 0.4) is 0 Å². The molecular weight excluding hydrogens is 767 g/mol. The normalized spacial score (nSPS) is 13.0. The summed E-state index contributed by atoms with van der Waals surface area (Å²) in [6, 6.07) is -0.559. The van der Waals surface area contributed by atoms with Crippen LogP contribution in [-0.4, -0.2) is 47.4 Å². The molecule has 6 heteroatoms. The first-order valence-corrected chi connectivity index (χ1v) is 26.9. The Morgan fingerprint density at radius 2 is 0.871 bits per heavy atom. The molecule has 0 spiro atoms. The molecule has 0 aromatic carbocycles. The Hall–Kier alpha value is -2.18. The van der Waals surface area contributed by atoms with Gasteiger partial charge in [0.05, 0.1) is 25.4 Å². The van der Waals surface area contributed by atoms with Gasteiger partial charge in [0.25, 0.3) is 0 Å². The summed E-state index contributed by atoms with van der Waals surface area (Å²) in [4.78, 5) is 24.5. The van der Waals surface area contributed by atoms with E-state index in [1.807, 2.05) is 0 Å². The SMILES string of the molecule is CCCC/C=C\C/C=C\CCCCCCCC(=O)OCCCCC/C=C\C=C/CCCCCCCCC(=O)NC(CO)C(O)CCCCCCCCCCCCCCCCCC.